The molecule has 1 N–H and O–H groups in total. The highest BCUT2D eigenvalue weighted by Crippen LogP contribution is 2.26. The number of unbranched alkanes of at least 4 members (excludes halogenated alkanes) is 2. The normalized spacial score (nSPS) is 11.1. The van der Waals surface area contributed by atoms with Crippen LogP contribution in [0.2, 0.25) is 5.02 Å². The zero-order chi connectivity index (χ0) is 14.3. The van der Waals surface area contributed by atoms with Crippen LogP contribution in [0.4, 0.5) is 5.69 Å². The fourth-order valence-corrected chi connectivity index (χ4v) is 2.36. The second-order valence-corrected chi connectivity index (χ2v) is 5.86. The smallest absolute Gasteiger partial charge is 0.0642 e. The number of rotatable bonds is 8. The fourth-order valence-electron chi connectivity index (χ4n) is 2.01. The molecule has 0 unspecified atom stereocenters. The number of hydrogen-bond acceptors (Lipinski definition) is 2. The Bertz CT molecular complexity index is 377. The molecule has 0 saturated carbocycles. The van der Waals surface area contributed by atoms with Gasteiger partial charge < -0.3 is 10.2 Å². The van der Waals surface area contributed by atoms with Crippen molar-refractivity contribution in [2.75, 3.05) is 18.5 Å². The molecule has 0 radical (unpaired) electrons. The molecular formula is C16H27ClN2. The first-order chi connectivity index (χ1) is 9.04. The molecule has 0 heterocycles. The van der Waals surface area contributed by atoms with Crippen molar-refractivity contribution in [3.05, 3.63) is 28.8 Å². The van der Waals surface area contributed by atoms with Crippen LogP contribution >= 0.6 is 11.6 Å². The van der Waals surface area contributed by atoms with Crippen LogP contribution in [-0.4, -0.2) is 19.6 Å². The summed E-state index contributed by atoms with van der Waals surface area (Å²) in [5, 5.41) is 4.26. The topological polar surface area (TPSA) is 15.3 Å². The Morgan fingerprint density at radius 3 is 2.58 bits per heavy atom. The molecule has 108 valence electrons. The molecule has 1 aromatic rings. The van der Waals surface area contributed by atoms with Crippen LogP contribution in [0.15, 0.2) is 18.2 Å². The van der Waals surface area contributed by atoms with E-state index in [4.69, 9.17) is 11.6 Å². The summed E-state index contributed by atoms with van der Waals surface area (Å²) in [6, 6.07) is 6.86. The molecule has 0 aromatic heterocycles. The van der Waals surface area contributed by atoms with Gasteiger partial charge in [-0.05, 0) is 24.1 Å². The number of nitrogens with one attached hydrogen (secondary N) is 1. The van der Waals surface area contributed by atoms with Gasteiger partial charge in [-0.2, -0.15) is 0 Å². The van der Waals surface area contributed by atoms with Gasteiger partial charge in [-0.1, -0.05) is 51.3 Å². The number of hydrogen-bond donors (Lipinski definition) is 1. The molecule has 1 rings (SSSR count). The Morgan fingerprint density at radius 1 is 1.26 bits per heavy atom. The van der Waals surface area contributed by atoms with Gasteiger partial charge in [0.05, 0.1) is 10.7 Å². The molecule has 0 bridgehead atoms. The lowest BCUT2D eigenvalue weighted by molar-refractivity contribution is 0.589. The minimum Gasteiger partial charge on any atom is -0.373 e. The van der Waals surface area contributed by atoms with Crippen molar-refractivity contribution in [3.63, 3.8) is 0 Å². The van der Waals surface area contributed by atoms with Gasteiger partial charge in [0.25, 0.3) is 0 Å². The standard InChI is InChI=1S/C16H27ClN2/c1-5-6-7-10-19(4)16-9-8-14(11-15(16)17)12-18-13(2)3/h8-9,11,13,18H,5-7,10,12H2,1-4H3. The van der Waals surface area contributed by atoms with Gasteiger partial charge >= 0.3 is 0 Å². The number of anilines is 1. The van der Waals surface area contributed by atoms with Crippen molar-refractivity contribution in [2.24, 2.45) is 0 Å². The lowest BCUT2D eigenvalue weighted by Gasteiger charge is -2.21. The molecule has 0 saturated heterocycles. The Balaban J connectivity index is 2.60. The second kappa shape index (κ2) is 8.44. The van der Waals surface area contributed by atoms with Gasteiger partial charge in [0.15, 0.2) is 0 Å². The minimum absolute atomic E-state index is 0.496. The Kier molecular flexibility index (Phi) is 7.25. The van der Waals surface area contributed by atoms with Crippen LogP contribution in [0.3, 0.4) is 0 Å². The van der Waals surface area contributed by atoms with Gasteiger partial charge in [-0.25, -0.2) is 0 Å². The van der Waals surface area contributed by atoms with Gasteiger partial charge in [0, 0.05) is 26.2 Å². The molecule has 1 aromatic carbocycles. The molecule has 2 nitrogen and oxygen atoms in total. The number of nitrogens with zero attached hydrogens (tertiary/aromatic N) is 1. The zero-order valence-electron chi connectivity index (χ0n) is 12.7. The van der Waals surface area contributed by atoms with E-state index in [1.54, 1.807) is 0 Å². The first kappa shape index (κ1) is 16.3. The van der Waals surface area contributed by atoms with E-state index in [1.165, 1.54) is 24.8 Å². The third-order valence-electron chi connectivity index (χ3n) is 3.23. The number of halogens is 1. The third kappa shape index (κ3) is 5.84. The second-order valence-electron chi connectivity index (χ2n) is 5.45. The van der Waals surface area contributed by atoms with Crippen molar-refractivity contribution < 1.29 is 0 Å². The van der Waals surface area contributed by atoms with Crippen molar-refractivity contribution in [3.8, 4) is 0 Å². The SMILES string of the molecule is CCCCCN(C)c1ccc(CNC(C)C)cc1Cl. The summed E-state index contributed by atoms with van der Waals surface area (Å²) in [6.07, 6.45) is 3.75. The molecule has 0 atom stereocenters. The van der Waals surface area contributed by atoms with Crippen LogP contribution in [0.5, 0.6) is 0 Å². The molecule has 0 aliphatic heterocycles. The minimum atomic E-state index is 0.496. The lowest BCUT2D eigenvalue weighted by atomic mass is 10.1. The maximum atomic E-state index is 6.38. The summed E-state index contributed by atoms with van der Waals surface area (Å²) in [6.45, 7) is 8.47. The summed E-state index contributed by atoms with van der Waals surface area (Å²) in [4.78, 5) is 2.25. The van der Waals surface area contributed by atoms with Crippen LogP contribution in [0.25, 0.3) is 0 Å². The van der Waals surface area contributed by atoms with Gasteiger partial charge in [-0.3, -0.25) is 0 Å². The molecule has 0 aliphatic carbocycles. The van der Waals surface area contributed by atoms with Crippen molar-refractivity contribution in [1.29, 1.82) is 0 Å². The largest absolute Gasteiger partial charge is 0.373 e. The molecule has 0 spiro atoms. The molecule has 3 heteroatoms. The van der Waals surface area contributed by atoms with E-state index in [9.17, 15) is 0 Å². The maximum absolute atomic E-state index is 6.38. The van der Waals surface area contributed by atoms with Gasteiger partial charge in [0.2, 0.25) is 0 Å². The summed E-state index contributed by atoms with van der Waals surface area (Å²) in [5.74, 6) is 0. The first-order valence-corrected chi connectivity index (χ1v) is 7.65. The summed E-state index contributed by atoms with van der Waals surface area (Å²) in [7, 11) is 2.11. The monoisotopic (exact) mass is 282 g/mol. The van der Waals surface area contributed by atoms with Gasteiger partial charge in [0.1, 0.15) is 0 Å². The predicted molar refractivity (Wildman–Crippen MR) is 86.2 cm³/mol. The zero-order valence-corrected chi connectivity index (χ0v) is 13.4. The molecule has 19 heavy (non-hydrogen) atoms. The summed E-state index contributed by atoms with van der Waals surface area (Å²) >= 11 is 6.38. The van der Waals surface area contributed by atoms with Crippen molar-refractivity contribution in [1.82, 2.24) is 5.32 Å². The highest BCUT2D eigenvalue weighted by atomic mass is 35.5. The van der Waals surface area contributed by atoms with Crippen LogP contribution in [-0.2, 0) is 6.54 Å². The molecular weight excluding hydrogens is 256 g/mol. The van der Waals surface area contributed by atoms with E-state index in [1.807, 2.05) is 0 Å². The van der Waals surface area contributed by atoms with Crippen molar-refractivity contribution in [2.45, 2.75) is 52.6 Å². The number of benzene rings is 1. The highest BCUT2D eigenvalue weighted by Gasteiger charge is 2.07. The fraction of sp³-hybridized carbons (Fsp3) is 0.625. The van der Waals surface area contributed by atoms with E-state index < -0.39 is 0 Å². The van der Waals surface area contributed by atoms with E-state index >= 15 is 0 Å². The average Bonchev–Trinajstić information content (AvgIpc) is 2.36. The first-order valence-electron chi connectivity index (χ1n) is 7.27. The molecule has 0 aliphatic rings. The van der Waals surface area contributed by atoms with Crippen LogP contribution in [0, 0.1) is 0 Å². The molecule has 0 amide bonds. The van der Waals surface area contributed by atoms with E-state index in [0.29, 0.717) is 6.04 Å². The average molecular weight is 283 g/mol. The third-order valence-corrected chi connectivity index (χ3v) is 3.54. The molecule has 0 fully saturated rings. The van der Waals surface area contributed by atoms with Crippen molar-refractivity contribution >= 4 is 17.3 Å². The predicted octanol–water partition coefficient (Wildman–Crippen LogP) is 4.46. The quantitative estimate of drug-likeness (QED) is 0.708. The van der Waals surface area contributed by atoms with E-state index in [2.05, 4.69) is 56.2 Å². The van der Waals surface area contributed by atoms with Gasteiger partial charge in [-0.15, -0.1) is 0 Å². The van der Waals surface area contributed by atoms with E-state index in [-0.39, 0.29) is 0 Å². The van der Waals surface area contributed by atoms with E-state index in [0.717, 1.165) is 23.8 Å². The highest BCUT2D eigenvalue weighted by molar-refractivity contribution is 6.33. The Hall–Kier alpha value is -0.730. The Morgan fingerprint density at radius 2 is 2.00 bits per heavy atom. The lowest BCUT2D eigenvalue weighted by Crippen LogP contribution is -2.22. The van der Waals surface area contributed by atoms with Crippen LogP contribution in [0.1, 0.15) is 45.6 Å². The van der Waals surface area contributed by atoms with Crippen LogP contribution < -0.4 is 10.2 Å². The summed E-state index contributed by atoms with van der Waals surface area (Å²) in [5.41, 5.74) is 2.37. The Labute approximate surface area is 123 Å². The summed E-state index contributed by atoms with van der Waals surface area (Å²) < 4.78 is 0. The maximum Gasteiger partial charge on any atom is 0.0642 e.